The summed E-state index contributed by atoms with van der Waals surface area (Å²) in [5.74, 6) is 0. The molecule has 0 aliphatic carbocycles. The smallest absolute Gasteiger partial charge is 0.246 e. The maximum Gasteiger partial charge on any atom is 0.299 e. The van der Waals surface area contributed by atoms with Crippen LogP contribution in [0.2, 0.25) is 0 Å². The van der Waals surface area contributed by atoms with Crippen LogP contribution in [-0.2, 0) is 19.2 Å². The Kier molecular flexibility index (Phi) is 6.33. The maximum absolute atomic E-state index is 13.1. The lowest BCUT2D eigenvalue weighted by Gasteiger charge is -2.34. The van der Waals surface area contributed by atoms with E-state index in [0.717, 1.165) is 22.3 Å². The SMILES string of the molecule is Cc1ccc(S(=O)(=O)OPC(c2ccccc2)(c2ccccc2)c2ccccc2)cc1. The molecule has 0 heterocycles. The second-order valence-corrected chi connectivity index (χ2v) is 10.3. The normalized spacial score (nSPS) is 12.3. The van der Waals surface area contributed by atoms with Crippen LogP contribution >= 0.6 is 8.81 Å². The largest absolute Gasteiger partial charge is 0.299 e. The van der Waals surface area contributed by atoms with Gasteiger partial charge < -0.3 is 0 Å². The monoisotopic (exact) mass is 446 g/mol. The van der Waals surface area contributed by atoms with E-state index in [0.29, 0.717) is 0 Å². The number of hydrogen-bond acceptors (Lipinski definition) is 3. The molecule has 0 saturated heterocycles. The van der Waals surface area contributed by atoms with Crippen LogP contribution in [0.15, 0.2) is 120 Å². The number of rotatable bonds is 7. The lowest BCUT2D eigenvalue weighted by molar-refractivity contribution is 0.508. The molecule has 0 fully saturated rings. The standard InChI is InChI=1S/C26H23O3PS/c1-21-17-19-25(20-18-21)31(27,28)29-30-26(22-11-5-2-6-12-22,23-13-7-3-8-14-23)24-15-9-4-10-16-24/h2-20,30H,1H3. The number of benzene rings is 4. The van der Waals surface area contributed by atoms with E-state index in [1.54, 1.807) is 24.3 Å². The minimum Gasteiger partial charge on any atom is -0.246 e. The number of hydrogen-bond donors (Lipinski definition) is 0. The zero-order valence-electron chi connectivity index (χ0n) is 17.1. The van der Waals surface area contributed by atoms with Gasteiger partial charge >= 0.3 is 0 Å². The van der Waals surface area contributed by atoms with Crippen LogP contribution in [0.4, 0.5) is 0 Å². The van der Waals surface area contributed by atoms with Gasteiger partial charge in [-0.25, -0.2) is 3.97 Å². The minimum absolute atomic E-state index is 0.161. The van der Waals surface area contributed by atoms with E-state index in [2.05, 4.69) is 0 Å². The van der Waals surface area contributed by atoms with Crippen molar-refractivity contribution in [2.45, 2.75) is 17.0 Å². The van der Waals surface area contributed by atoms with Crippen LogP contribution in [0.1, 0.15) is 22.3 Å². The Labute approximate surface area is 185 Å². The average Bonchev–Trinajstić information content (AvgIpc) is 2.82. The van der Waals surface area contributed by atoms with E-state index < -0.39 is 15.3 Å². The summed E-state index contributed by atoms with van der Waals surface area (Å²) in [7, 11) is -4.31. The molecule has 0 spiro atoms. The van der Waals surface area contributed by atoms with Gasteiger partial charge in [0.1, 0.15) is 0 Å². The molecule has 0 radical (unpaired) electrons. The molecule has 0 amide bonds. The highest BCUT2D eigenvalue weighted by Gasteiger charge is 2.39. The van der Waals surface area contributed by atoms with Crippen molar-refractivity contribution >= 4 is 18.9 Å². The Hall–Kier alpha value is -2.78. The van der Waals surface area contributed by atoms with Gasteiger partial charge in [-0.05, 0) is 35.7 Å². The zero-order valence-corrected chi connectivity index (χ0v) is 18.9. The third-order valence-electron chi connectivity index (χ3n) is 5.23. The highest BCUT2D eigenvalue weighted by Crippen LogP contribution is 2.53. The highest BCUT2D eigenvalue weighted by atomic mass is 32.2. The summed E-state index contributed by atoms with van der Waals surface area (Å²) in [5, 5.41) is -0.762. The summed E-state index contributed by atoms with van der Waals surface area (Å²) >= 11 is 0. The first-order chi connectivity index (χ1) is 15.0. The van der Waals surface area contributed by atoms with Gasteiger partial charge in [0.25, 0.3) is 10.1 Å². The molecule has 0 bridgehead atoms. The minimum atomic E-state index is -3.92. The molecule has 0 saturated carbocycles. The molecule has 31 heavy (non-hydrogen) atoms. The van der Waals surface area contributed by atoms with Gasteiger partial charge in [0.05, 0.1) is 18.9 Å². The van der Waals surface area contributed by atoms with Gasteiger partial charge in [-0.15, -0.1) is 0 Å². The van der Waals surface area contributed by atoms with Crippen LogP contribution in [-0.4, -0.2) is 8.42 Å². The molecular weight excluding hydrogens is 423 g/mol. The molecule has 0 N–H and O–H groups in total. The van der Waals surface area contributed by atoms with Crippen LogP contribution in [0, 0.1) is 6.92 Å². The third kappa shape index (κ3) is 4.47. The van der Waals surface area contributed by atoms with Crippen molar-refractivity contribution in [3.05, 3.63) is 138 Å². The van der Waals surface area contributed by atoms with E-state index in [1.807, 2.05) is 97.9 Å². The first-order valence-corrected chi connectivity index (χ1v) is 12.3. The number of aryl methyl sites for hydroxylation is 1. The van der Waals surface area contributed by atoms with Crippen LogP contribution < -0.4 is 0 Å². The molecule has 4 rings (SSSR count). The van der Waals surface area contributed by atoms with E-state index in [-0.39, 0.29) is 13.7 Å². The van der Waals surface area contributed by atoms with Crippen LogP contribution in [0.25, 0.3) is 0 Å². The second kappa shape index (κ2) is 9.15. The van der Waals surface area contributed by atoms with Gasteiger partial charge in [0, 0.05) is 0 Å². The van der Waals surface area contributed by atoms with Crippen molar-refractivity contribution in [3.63, 3.8) is 0 Å². The van der Waals surface area contributed by atoms with Gasteiger partial charge in [-0.3, -0.25) is 0 Å². The summed E-state index contributed by atoms with van der Waals surface area (Å²) in [6, 6.07) is 36.5. The third-order valence-corrected chi connectivity index (χ3v) is 8.47. The van der Waals surface area contributed by atoms with Crippen molar-refractivity contribution in [2.75, 3.05) is 0 Å². The Balaban J connectivity index is 1.85. The Morgan fingerprint density at radius 2 is 1.00 bits per heavy atom. The predicted molar refractivity (Wildman–Crippen MR) is 127 cm³/mol. The Morgan fingerprint density at radius 3 is 1.39 bits per heavy atom. The van der Waals surface area contributed by atoms with Gasteiger partial charge in [0.15, 0.2) is 0 Å². The summed E-state index contributed by atoms with van der Waals surface area (Å²) in [6.45, 7) is 1.92. The predicted octanol–water partition coefficient (Wildman–Crippen LogP) is 6.29. The lowest BCUT2D eigenvalue weighted by Crippen LogP contribution is -2.25. The summed E-state index contributed by atoms with van der Waals surface area (Å²) < 4.78 is 31.9. The fourth-order valence-corrected chi connectivity index (χ4v) is 6.26. The van der Waals surface area contributed by atoms with Crippen molar-refractivity contribution in [1.29, 1.82) is 0 Å². The van der Waals surface area contributed by atoms with E-state index in [4.69, 9.17) is 3.97 Å². The molecule has 4 aromatic rings. The Morgan fingerprint density at radius 1 is 0.613 bits per heavy atom. The fourth-order valence-electron chi connectivity index (χ4n) is 3.61. The average molecular weight is 447 g/mol. The molecular formula is C26H23O3PS. The molecule has 0 aromatic heterocycles. The molecule has 1 atom stereocenters. The van der Waals surface area contributed by atoms with E-state index >= 15 is 0 Å². The van der Waals surface area contributed by atoms with Crippen molar-refractivity contribution in [2.24, 2.45) is 0 Å². The first kappa shape index (κ1) is 21.5. The van der Waals surface area contributed by atoms with Crippen molar-refractivity contribution in [3.8, 4) is 0 Å². The molecule has 0 aliphatic rings. The Bertz CT molecular complexity index is 1130. The molecule has 3 nitrogen and oxygen atoms in total. The summed E-state index contributed by atoms with van der Waals surface area (Å²) in [6.07, 6.45) is 0. The topological polar surface area (TPSA) is 43.4 Å². The zero-order chi connectivity index (χ0) is 21.7. The first-order valence-electron chi connectivity index (χ1n) is 9.96. The van der Waals surface area contributed by atoms with Gasteiger partial charge in [-0.1, -0.05) is 109 Å². The molecule has 156 valence electrons. The molecule has 4 aromatic carbocycles. The summed E-state index contributed by atoms with van der Waals surface area (Å²) in [4.78, 5) is 0.161. The van der Waals surface area contributed by atoms with Crippen molar-refractivity contribution in [1.82, 2.24) is 0 Å². The highest BCUT2D eigenvalue weighted by molar-refractivity contribution is 7.89. The van der Waals surface area contributed by atoms with Crippen molar-refractivity contribution < 1.29 is 12.4 Å². The van der Waals surface area contributed by atoms with Crippen LogP contribution in [0.3, 0.4) is 0 Å². The second-order valence-electron chi connectivity index (χ2n) is 7.30. The molecule has 5 heteroatoms. The maximum atomic E-state index is 13.1. The van der Waals surface area contributed by atoms with E-state index in [1.165, 1.54) is 0 Å². The lowest BCUT2D eigenvalue weighted by atomic mass is 9.84. The van der Waals surface area contributed by atoms with Gasteiger partial charge in [0.2, 0.25) is 0 Å². The van der Waals surface area contributed by atoms with E-state index in [9.17, 15) is 8.42 Å². The molecule has 1 unspecified atom stereocenters. The fraction of sp³-hybridized carbons (Fsp3) is 0.0769. The van der Waals surface area contributed by atoms with Gasteiger partial charge in [-0.2, -0.15) is 8.42 Å². The molecule has 0 aliphatic heterocycles. The summed E-state index contributed by atoms with van der Waals surface area (Å²) in [5.41, 5.74) is 3.92. The van der Waals surface area contributed by atoms with Crippen LogP contribution in [0.5, 0.6) is 0 Å². The quantitative estimate of drug-likeness (QED) is 0.248.